The minimum Gasteiger partial charge on any atom is -0.550 e. The second-order valence-corrected chi connectivity index (χ2v) is 1.58. The van der Waals surface area contributed by atoms with E-state index in [0.29, 0.717) is 6.92 Å². The van der Waals surface area contributed by atoms with Gasteiger partial charge in [0.2, 0.25) is 0 Å². The highest BCUT2D eigenvalue weighted by atomic mass is 19.4. The molecule has 1 unspecified atom stereocenters. The van der Waals surface area contributed by atoms with Crippen LogP contribution >= 0.6 is 0 Å². The quantitative estimate of drug-likeness (QED) is 0.513. The van der Waals surface area contributed by atoms with Crippen molar-refractivity contribution in [2.75, 3.05) is 0 Å². The van der Waals surface area contributed by atoms with Crippen LogP contribution in [0.5, 0.6) is 0 Å². The average Bonchev–Trinajstić information content (AvgIpc) is 1.62. The number of carbonyl (C=O) groups excluding carboxylic acids is 1. The zero-order chi connectivity index (χ0) is 7.65. The Balaban J connectivity index is 4.04. The zero-order valence-corrected chi connectivity index (χ0v) is 4.53. The van der Waals surface area contributed by atoms with Crippen LogP contribution in [0.3, 0.4) is 0 Å². The van der Waals surface area contributed by atoms with Crippen molar-refractivity contribution in [3.8, 4) is 0 Å². The lowest BCUT2D eigenvalue weighted by Gasteiger charge is -2.15. The number of alkyl halides is 3. The maximum absolute atomic E-state index is 11.3. The van der Waals surface area contributed by atoms with Crippen LogP contribution in [0.15, 0.2) is 0 Å². The molecule has 0 bridgehead atoms. The lowest BCUT2D eigenvalue weighted by atomic mass is 10.2. The van der Waals surface area contributed by atoms with Crippen LogP contribution in [-0.2, 0) is 4.79 Å². The molecule has 9 heavy (non-hydrogen) atoms. The van der Waals surface area contributed by atoms with E-state index in [1.165, 1.54) is 0 Å². The molecule has 1 atom stereocenters. The zero-order valence-electron chi connectivity index (χ0n) is 4.53. The third-order valence-electron chi connectivity index (χ3n) is 0.845. The molecule has 0 heterocycles. The Morgan fingerprint density at radius 3 is 1.89 bits per heavy atom. The molecule has 0 rings (SSSR count). The SMILES string of the molecule is CC(C(=O)[O-])C(F)(F)F. The van der Waals surface area contributed by atoms with Crippen LogP contribution < -0.4 is 5.11 Å². The molecule has 5 heteroatoms. The van der Waals surface area contributed by atoms with E-state index in [4.69, 9.17) is 0 Å². The van der Waals surface area contributed by atoms with Crippen molar-refractivity contribution in [2.24, 2.45) is 5.92 Å². The Labute approximate surface area is 49.3 Å². The number of carboxylic acid groups (broad SMARTS) is 1. The fourth-order valence-electron chi connectivity index (χ4n) is 0.134. The first kappa shape index (κ1) is 8.26. The third-order valence-corrected chi connectivity index (χ3v) is 0.845. The Kier molecular flexibility index (Phi) is 2.06. The molecule has 0 amide bonds. The smallest absolute Gasteiger partial charge is 0.396 e. The predicted octanol–water partition coefficient (Wildman–Crippen LogP) is -0.0653. The van der Waals surface area contributed by atoms with Gasteiger partial charge in [0.05, 0.1) is 11.9 Å². The maximum Gasteiger partial charge on any atom is 0.396 e. The van der Waals surface area contributed by atoms with Gasteiger partial charge in [0.1, 0.15) is 0 Å². The van der Waals surface area contributed by atoms with E-state index < -0.39 is 18.1 Å². The van der Waals surface area contributed by atoms with Crippen LogP contribution in [0.25, 0.3) is 0 Å². The van der Waals surface area contributed by atoms with Gasteiger partial charge in [0.25, 0.3) is 0 Å². The van der Waals surface area contributed by atoms with Gasteiger partial charge in [0.15, 0.2) is 0 Å². The molecule has 0 aromatic rings. The lowest BCUT2D eigenvalue weighted by molar-refractivity contribution is -0.324. The summed E-state index contributed by atoms with van der Waals surface area (Å²) in [6.45, 7) is 0.537. The van der Waals surface area contributed by atoms with Crippen molar-refractivity contribution in [3.05, 3.63) is 0 Å². The van der Waals surface area contributed by atoms with Gasteiger partial charge < -0.3 is 9.90 Å². The molecule has 0 aliphatic heterocycles. The van der Waals surface area contributed by atoms with E-state index >= 15 is 0 Å². The van der Waals surface area contributed by atoms with Crippen molar-refractivity contribution >= 4 is 5.97 Å². The first-order chi connectivity index (χ1) is 3.85. The fraction of sp³-hybridized carbons (Fsp3) is 0.750. The number of halogens is 3. The Bertz CT molecular complexity index is 117. The first-order valence-corrected chi connectivity index (χ1v) is 2.13. The van der Waals surface area contributed by atoms with E-state index in [1.807, 2.05) is 0 Å². The largest absolute Gasteiger partial charge is 0.550 e. The number of hydrogen-bond donors (Lipinski definition) is 0. The molecule has 0 aliphatic rings. The summed E-state index contributed by atoms with van der Waals surface area (Å²) < 4.78 is 33.8. The van der Waals surface area contributed by atoms with E-state index in [0.717, 1.165) is 0 Å². The molecule has 0 saturated carbocycles. The molecule has 0 fully saturated rings. The highest BCUT2D eigenvalue weighted by Crippen LogP contribution is 2.24. The van der Waals surface area contributed by atoms with E-state index in [-0.39, 0.29) is 0 Å². The van der Waals surface area contributed by atoms with Crippen molar-refractivity contribution in [1.82, 2.24) is 0 Å². The van der Waals surface area contributed by atoms with Crippen molar-refractivity contribution in [1.29, 1.82) is 0 Å². The van der Waals surface area contributed by atoms with Gasteiger partial charge in [-0.1, -0.05) is 0 Å². The summed E-state index contributed by atoms with van der Waals surface area (Å²) in [7, 11) is 0. The molecule has 0 radical (unpaired) electrons. The highest BCUT2D eigenvalue weighted by Gasteiger charge is 2.36. The summed E-state index contributed by atoms with van der Waals surface area (Å²) in [5, 5.41) is 9.51. The number of carboxylic acids is 1. The molecule has 54 valence electrons. The number of carbonyl (C=O) groups is 1. The van der Waals surface area contributed by atoms with Crippen LogP contribution in [0.1, 0.15) is 6.92 Å². The summed E-state index contributed by atoms with van der Waals surface area (Å²) in [5.41, 5.74) is 0. The summed E-state index contributed by atoms with van der Waals surface area (Å²) in [4.78, 5) is 9.51. The van der Waals surface area contributed by atoms with Gasteiger partial charge in [0, 0.05) is 0 Å². The van der Waals surface area contributed by atoms with E-state index in [9.17, 15) is 23.1 Å². The molecule has 0 saturated heterocycles. The second-order valence-electron chi connectivity index (χ2n) is 1.58. The summed E-state index contributed by atoms with van der Waals surface area (Å²) in [5.74, 6) is -4.47. The summed E-state index contributed by atoms with van der Waals surface area (Å²) in [6.07, 6.45) is -4.68. The van der Waals surface area contributed by atoms with Crippen LogP contribution in [-0.4, -0.2) is 12.1 Å². The first-order valence-electron chi connectivity index (χ1n) is 2.13. The predicted molar refractivity (Wildman–Crippen MR) is 20.2 cm³/mol. The Morgan fingerprint density at radius 2 is 1.89 bits per heavy atom. The van der Waals surface area contributed by atoms with Crippen LogP contribution in [0.4, 0.5) is 13.2 Å². The number of aliphatic carboxylic acids is 1. The minimum atomic E-state index is -4.68. The number of rotatable bonds is 1. The molecule has 0 N–H and O–H groups in total. The molecule has 2 nitrogen and oxygen atoms in total. The molecule has 0 aliphatic carbocycles. The Hall–Kier alpha value is -0.740. The lowest BCUT2D eigenvalue weighted by Crippen LogP contribution is -2.38. The van der Waals surface area contributed by atoms with Gasteiger partial charge in [-0.3, -0.25) is 0 Å². The summed E-state index contributed by atoms with van der Waals surface area (Å²) in [6, 6.07) is 0. The van der Waals surface area contributed by atoms with Gasteiger partial charge in [-0.25, -0.2) is 0 Å². The monoisotopic (exact) mass is 141 g/mol. The van der Waals surface area contributed by atoms with Gasteiger partial charge in [-0.05, 0) is 6.92 Å². The maximum atomic E-state index is 11.3. The standard InChI is InChI=1S/C4H5F3O2/c1-2(3(8)9)4(5,6)7/h2H,1H3,(H,8,9)/p-1. The number of hydrogen-bond acceptors (Lipinski definition) is 2. The van der Waals surface area contributed by atoms with Crippen LogP contribution in [0, 0.1) is 5.92 Å². The van der Waals surface area contributed by atoms with Crippen molar-refractivity contribution in [2.45, 2.75) is 13.1 Å². The van der Waals surface area contributed by atoms with Crippen molar-refractivity contribution < 1.29 is 23.1 Å². The Morgan fingerprint density at radius 1 is 1.56 bits per heavy atom. The summed E-state index contributed by atoms with van der Waals surface area (Å²) >= 11 is 0. The van der Waals surface area contributed by atoms with Crippen LogP contribution in [0.2, 0.25) is 0 Å². The fourth-order valence-corrected chi connectivity index (χ4v) is 0.134. The topological polar surface area (TPSA) is 40.1 Å². The average molecular weight is 141 g/mol. The van der Waals surface area contributed by atoms with E-state index in [2.05, 4.69) is 0 Å². The second kappa shape index (κ2) is 2.24. The van der Waals surface area contributed by atoms with Gasteiger partial charge in [-0.15, -0.1) is 0 Å². The molecular weight excluding hydrogens is 137 g/mol. The molecular formula is C4H4F3O2-. The molecule has 0 spiro atoms. The highest BCUT2D eigenvalue weighted by molar-refractivity contribution is 5.67. The minimum absolute atomic E-state index is 0.537. The van der Waals surface area contributed by atoms with E-state index in [1.54, 1.807) is 0 Å². The molecule has 0 aromatic heterocycles. The molecule has 0 aromatic carbocycles. The van der Waals surface area contributed by atoms with Gasteiger partial charge in [-0.2, -0.15) is 13.2 Å². The van der Waals surface area contributed by atoms with Gasteiger partial charge >= 0.3 is 6.18 Å². The normalized spacial score (nSPS) is 15.1. The van der Waals surface area contributed by atoms with Crippen molar-refractivity contribution in [3.63, 3.8) is 0 Å². The third kappa shape index (κ3) is 2.34.